The number of ether oxygens (including phenoxy) is 1. The molecule has 5 aliphatic rings. The van der Waals surface area contributed by atoms with E-state index in [9.17, 15) is 9.59 Å². The molecular weight excluding hydrogens is 410 g/mol. The van der Waals surface area contributed by atoms with Crippen molar-refractivity contribution in [1.29, 1.82) is 0 Å². The number of carbonyl (C=O) groups excluding carboxylic acids is 2. The molecule has 2 saturated carbocycles. The van der Waals surface area contributed by atoms with Gasteiger partial charge in [0, 0.05) is 44.0 Å². The van der Waals surface area contributed by atoms with Gasteiger partial charge in [0.1, 0.15) is 5.60 Å². The monoisotopic (exact) mass is 445 g/mol. The number of fused-ring (bicyclic) bond motifs is 5. The maximum Gasteiger partial charge on any atom is 0.306 e. The van der Waals surface area contributed by atoms with Gasteiger partial charge >= 0.3 is 5.97 Å². The second-order valence-electron chi connectivity index (χ2n) is 11.5. The predicted molar refractivity (Wildman–Crippen MR) is 129 cm³/mol. The Hall–Kier alpha value is -2.36. The Balaban J connectivity index is 1.50. The topological polar surface area (TPSA) is 46.6 Å². The maximum atomic E-state index is 12.3. The van der Waals surface area contributed by atoms with Crippen molar-refractivity contribution in [1.82, 2.24) is 0 Å². The van der Waals surface area contributed by atoms with Gasteiger partial charge in [-0.2, -0.15) is 0 Å². The first-order chi connectivity index (χ1) is 15.8. The molecule has 0 unspecified atom stereocenters. The van der Waals surface area contributed by atoms with Gasteiger partial charge < -0.3 is 9.64 Å². The van der Waals surface area contributed by atoms with Crippen LogP contribution in [0.15, 0.2) is 47.1 Å². The van der Waals surface area contributed by atoms with E-state index in [2.05, 4.69) is 50.2 Å². The maximum absolute atomic E-state index is 12.3. The highest BCUT2D eigenvalue weighted by Crippen LogP contribution is 2.69. The average molecular weight is 446 g/mol. The fraction of sp³-hybridized carbons (Fsp3) is 0.586. The number of nitrogens with zero attached hydrogens (tertiary/aromatic N) is 1. The molecule has 33 heavy (non-hydrogen) atoms. The van der Waals surface area contributed by atoms with Crippen molar-refractivity contribution in [3.05, 3.63) is 52.6 Å². The van der Waals surface area contributed by atoms with Gasteiger partial charge in [-0.25, -0.2) is 0 Å². The smallest absolute Gasteiger partial charge is 0.306 e. The second-order valence-corrected chi connectivity index (χ2v) is 11.5. The molecule has 6 rings (SSSR count). The first-order valence-electron chi connectivity index (χ1n) is 12.8. The molecule has 0 amide bonds. The third-order valence-electron chi connectivity index (χ3n) is 9.88. The zero-order chi connectivity index (χ0) is 23.0. The van der Waals surface area contributed by atoms with E-state index in [4.69, 9.17) is 4.74 Å². The molecule has 4 nitrogen and oxygen atoms in total. The summed E-state index contributed by atoms with van der Waals surface area (Å²) in [5, 5.41) is 0. The number of allylic oxidation sites excluding steroid dienone is 4. The molecule has 174 valence electrons. The number of benzene rings is 1. The Morgan fingerprint density at radius 3 is 2.45 bits per heavy atom. The molecule has 1 aromatic carbocycles. The SMILES string of the molecule is CN(C)c1ccc([C@H]2C[C@@]3(C)[C@@H](CC[C@@]34CCC(=O)O4)[C@@H]3CCC4=CC(=O)CCC4=C32)cc1. The summed E-state index contributed by atoms with van der Waals surface area (Å²) in [7, 11) is 4.16. The number of carbonyl (C=O) groups is 2. The molecule has 1 heterocycles. The number of esters is 1. The standard InChI is InChI=1S/C29H35NO3/c1-28-17-24(18-4-7-20(8-5-18)30(2)3)27-22-11-9-21(31)16-19(22)6-10-23(27)25(28)12-14-29(28)15-13-26(32)33-29/h4-5,7-8,16,23-25H,6,9-15,17H2,1-3H3/t23-,24+,25-,28-,29+/m0/s1. The zero-order valence-electron chi connectivity index (χ0n) is 20.2. The molecule has 1 saturated heterocycles. The third kappa shape index (κ3) is 3.02. The highest BCUT2D eigenvalue weighted by Gasteiger charge is 2.66. The lowest BCUT2D eigenvalue weighted by Gasteiger charge is -2.54. The summed E-state index contributed by atoms with van der Waals surface area (Å²) in [6.07, 6.45) is 10.2. The van der Waals surface area contributed by atoms with Gasteiger partial charge in [-0.15, -0.1) is 0 Å². The minimum atomic E-state index is -0.286. The van der Waals surface area contributed by atoms with Gasteiger partial charge in [0.15, 0.2) is 5.78 Å². The van der Waals surface area contributed by atoms with Crippen molar-refractivity contribution in [2.24, 2.45) is 17.3 Å². The first kappa shape index (κ1) is 21.2. The van der Waals surface area contributed by atoms with Gasteiger partial charge in [0.05, 0.1) is 0 Å². The van der Waals surface area contributed by atoms with E-state index in [1.807, 2.05) is 6.08 Å². The van der Waals surface area contributed by atoms with Crippen LogP contribution in [-0.2, 0) is 14.3 Å². The minimum absolute atomic E-state index is 0.00444. The number of anilines is 1. The Morgan fingerprint density at radius 2 is 1.76 bits per heavy atom. The van der Waals surface area contributed by atoms with Crippen molar-refractivity contribution in [3.63, 3.8) is 0 Å². The largest absolute Gasteiger partial charge is 0.458 e. The number of rotatable bonds is 2. The average Bonchev–Trinajstić information content (AvgIpc) is 3.32. The molecule has 0 N–H and O–H groups in total. The molecule has 1 aliphatic heterocycles. The van der Waals surface area contributed by atoms with Gasteiger partial charge in [-0.05, 0) is 91.7 Å². The summed E-state index contributed by atoms with van der Waals surface area (Å²) < 4.78 is 6.20. The highest BCUT2D eigenvalue weighted by atomic mass is 16.6. The normalized spacial score (nSPS) is 37.4. The van der Waals surface area contributed by atoms with E-state index in [1.165, 1.54) is 22.4 Å². The summed E-state index contributed by atoms with van der Waals surface area (Å²) in [5.41, 5.74) is 6.70. The molecule has 5 atom stereocenters. The summed E-state index contributed by atoms with van der Waals surface area (Å²) in [5.74, 6) is 1.70. The minimum Gasteiger partial charge on any atom is -0.458 e. The van der Waals surface area contributed by atoms with Crippen LogP contribution in [0.5, 0.6) is 0 Å². The van der Waals surface area contributed by atoms with Crippen LogP contribution in [0.4, 0.5) is 5.69 Å². The fourth-order valence-electron chi connectivity index (χ4n) is 8.24. The van der Waals surface area contributed by atoms with Crippen molar-refractivity contribution < 1.29 is 14.3 Å². The Kier molecular flexibility index (Phi) is 4.70. The fourth-order valence-corrected chi connectivity index (χ4v) is 8.24. The van der Waals surface area contributed by atoms with Crippen molar-refractivity contribution >= 4 is 17.4 Å². The number of ketones is 1. The Bertz CT molecular complexity index is 1080. The lowest BCUT2D eigenvalue weighted by Crippen LogP contribution is -2.51. The van der Waals surface area contributed by atoms with Gasteiger partial charge in [-0.3, -0.25) is 9.59 Å². The van der Waals surface area contributed by atoms with Crippen LogP contribution in [0, 0.1) is 17.3 Å². The van der Waals surface area contributed by atoms with Gasteiger partial charge in [0.2, 0.25) is 0 Å². The Labute approximate surface area is 197 Å². The van der Waals surface area contributed by atoms with E-state index in [1.54, 1.807) is 5.57 Å². The second kappa shape index (κ2) is 7.32. The summed E-state index contributed by atoms with van der Waals surface area (Å²) in [4.78, 5) is 26.7. The van der Waals surface area contributed by atoms with Crippen LogP contribution in [0.25, 0.3) is 0 Å². The molecular formula is C29H35NO3. The zero-order valence-corrected chi connectivity index (χ0v) is 20.2. The number of hydrogen-bond acceptors (Lipinski definition) is 4. The van der Waals surface area contributed by atoms with Crippen LogP contribution in [0.2, 0.25) is 0 Å². The Morgan fingerprint density at radius 1 is 0.970 bits per heavy atom. The summed E-state index contributed by atoms with van der Waals surface area (Å²) in [6, 6.07) is 9.08. The quantitative estimate of drug-likeness (QED) is 0.546. The van der Waals surface area contributed by atoms with Gasteiger partial charge in [0.25, 0.3) is 0 Å². The summed E-state index contributed by atoms with van der Waals surface area (Å²) in [6.45, 7) is 2.43. The van der Waals surface area contributed by atoms with Gasteiger partial charge in [-0.1, -0.05) is 24.6 Å². The first-order valence-corrected chi connectivity index (χ1v) is 12.8. The molecule has 0 bridgehead atoms. The van der Waals surface area contributed by atoms with Crippen molar-refractivity contribution in [2.45, 2.75) is 76.2 Å². The van der Waals surface area contributed by atoms with Crippen LogP contribution < -0.4 is 4.90 Å². The lowest BCUT2D eigenvalue weighted by molar-refractivity contribution is -0.162. The number of hydrogen-bond donors (Lipinski definition) is 0. The van der Waals surface area contributed by atoms with Crippen LogP contribution in [0.1, 0.15) is 76.2 Å². The molecule has 0 aromatic heterocycles. The van der Waals surface area contributed by atoms with Crippen LogP contribution >= 0.6 is 0 Å². The highest BCUT2D eigenvalue weighted by molar-refractivity contribution is 5.93. The molecule has 3 fully saturated rings. The van der Waals surface area contributed by atoms with E-state index in [0.717, 1.165) is 44.9 Å². The molecule has 4 heteroatoms. The lowest BCUT2D eigenvalue weighted by atomic mass is 9.51. The van der Waals surface area contributed by atoms with E-state index in [-0.39, 0.29) is 22.8 Å². The van der Waals surface area contributed by atoms with E-state index < -0.39 is 0 Å². The van der Waals surface area contributed by atoms with Crippen molar-refractivity contribution in [2.75, 3.05) is 19.0 Å². The molecule has 1 aromatic rings. The van der Waals surface area contributed by atoms with E-state index in [0.29, 0.717) is 30.6 Å². The van der Waals surface area contributed by atoms with Crippen LogP contribution in [0.3, 0.4) is 0 Å². The molecule has 1 spiro atoms. The van der Waals surface area contributed by atoms with E-state index >= 15 is 0 Å². The summed E-state index contributed by atoms with van der Waals surface area (Å²) >= 11 is 0. The predicted octanol–water partition coefficient (Wildman–Crippen LogP) is 5.73. The molecule has 4 aliphatic carbocycles. The third-order valence-corrected chi connectivity index (χ3v) is 9.88. The molecule has 0 radical (unpaired) electrons. The van der Waals surface area contributed by atoms with Crippen LogP contribution in [-0.4, -0.2) is 31.4 Å². The van der Waals surface area contributed by atoms with Crippen molar-refractivity contribution in [3.8, 4) is 0 Å².